The zero-order chi connectivity index (χ0) is 12.3. The van der Waals surface area contributed by atoms with Gasteiger partial charge in [-0.1, -0.05) is 5.10 Å². The van der Waals surface area contributed by atoms with Gasteiger partial charge in [0.15, 0.2) is 0 Å². The van der Waals surface area contributed by atoms with Crippen LogP contribution in [0, 0.1) is 11.6 Å². The highest BCUT2D eigenvalue weighted by molar-refractivity contribution is 5.52. The van der Waals surface area contributed by atoms with Crippen LogP contribution in [0.2, 0.25) is 0 Å². The molecule has 0 unspecified atom stereocenters. The molecule has 0 spiro atoms. The van der Waals surface area contributed by atoms with E-state index in [2.05, 4.69) is 20.8 Å². The Labute approximate surface area is 95.9 Å². The average molecular weight is 240 g/mol. The third-order valence-electron chi connectivity index (χ3n) is 1.96. The van der Waals surface area contributed by atoms with Crippen LogP contribution in [-0.2, 0) is 6.54 Å². The van der Waals surface area contributed by atoms with Crippen molar-refractivity contribution >= 4 is 11.7 Å². The Morgan fingerprint density at radius 2 is 2.12 bits per heavy atom. The van der Waals surface area contributed by atoms with Gasteiger partial charge < -0.3 is 15.1 Å². The van der Waals surface area contributed by atoms with Gasteiger partial charge in [0.25, 0.3) is 0 Å². The van der Waals surface area contributed by atoms with Gasteiger partial charge in [0.05, 0.1) is 12.2 Å². The lowest BCUT2D eigenvalue weighted by molar-refractivity contribution is 0.492. The van der Waals surface area contributed by atoms with E-state index in [1.165, 1.54) is 0 Å². The number of hydrogen-bond acceptors (Lipinski definition) is 5. The van der Waals surface area contributed by atoms with Crippen molar-refractivity contribution in [2.45, 2.75) is 6.54 Å². The first-order chi connectivity index (χ1) is 8.19. The summed E-state index contributed by atoms with van der Waals surface area (Å²) in [5.74, 6) is -0.796. The quantitative estimate of drug-likeness (QED) is 0.853. The summed E-state index contributed by atoms with van der Waals surface area (Å²) in [6.07, 6.45) is 0. The molecule has 1 aromatic carbocycles. The van der Waals surface area contributed by atoms with Gasteiger partial charge in [-0.2, -0.15) is 0 Å². The summed E-state index contributed by atoms with van der Waals surface area (Å²) in [7, 11) is 1.73. The molecule has 17 heavy (non-hydrogen) atoms. The van der Waals surface area contributed by atoms with Crippen LogP contribution in [0.25, 0.3) is 0 Å². The van der Waals surface area contributed by atoms with E-state index in [1.807, 2.05) is 0 Å². The van der Waals surface area contributed by atoms with Crippen LogP contribution in [0.1, 0.15) is 5.89 Å². The van der Waals surface area contributed by atoms with Gasteiger partial charge in [-0.15, -0.1) is 5.10 Å². The molecule has 0 radical (unpaired) electrons. The van der Waals surface area contributed by atoms with Gasteiger partial charge in [-0.05, 0) is 19.2 Å². The average Bonchev–Trinajstić information content (AvgIpc) is 2.72. The minimum absolute atomic E-state index is 0.0137. The van der Waals surface area contributed by atoms with Crippen LogP contribution in [0.3, 0.4) is 0 Å². The largest absolute Gasteiger partial charge is 0.406 e. The maximum Gasteiger partial charge on any atom is 0.320 e. The smallest absolute Gasteiger partial charge is 0.320 e. The van der Waals surface area contributed by atoms with Gasteiger partial charge in [-0.3, -0.25) is 0 Å². The van der Waals surface area contributed by atoms with Crippen LogP contribution in [-0.4, -0.2) is 17.2 Å². The number of anilines is 2. The molecular weight excluding hydrogens is 230 g/mol. The number of hydrogen-bond donors (Lipinski definition) is 2. The van der Waals surface area contributed by atoms with Crippen molar-refractivity contribution < 1.29 is 13.2 Å². The standard InChI is InChI=1S/C10H10F2N4O/c1-13-5-9-15-16-10(17-9)14-8-4-6(11)2-3-7(8)12/h2-4,13H,5H2,1H3,(H,14,16). The zero-order valence-electron chi connectivity index (χ0n) is 9.00. The Hall–Kier alpha value is -2.02. The number of nitrogens with zero attached hydrogens (tertiary/aromatic N) is 2. The highest BCUT2D eigenvalue weighted by Crippen LogP contribution is 2.19. The van der Waals surface area contributed by atoms with Crippen LogP contribution in [0.5, 0.6) is 0 Å². The van der Waals surface area contributed by atoms with E-state index in [0.29, 0.717) is 12.4 Å². The van der Waals surface area contributed by atoms with E-state index in [4.69, 9.17) is 4.42 Å². The van der Waals surface area contributed by atoms with Gasteiger partial charge >= 0.3 is 6.01 Å². The second kappa shape index (κ2) is 4.88. The summed E-state index contributed by atoms with van der Waals surface area (Å²) in [5, 5.41) is 12.7. The number of rotatable bonds is 4. The molecule has 1 aromatic heterocycles. The fourth-order valence-electron chi connectivity index (χ4n) is 1.24. The molecule has 7 heteroatoms. The molecule has 0 saturated heterocycles. The fourth-order valence-corrected chi connectivity index (χ4v) is 1.24. The lowest BCUT2D eigenvalue weighted by atomic mass is 10.3. The van der Waals surface area contributed by atoms with Crippen molar-refractivity contribution in [1.82, 2.24) is 15.5 Å². The maximum absolute atomic E-state index is 13.3. The molecule has 90 valence electrons. The minimum atomic E-state index is -0.597. The normalized spacial score (nSPS) is 10.5. The Kier molecular flexibility index (Phi) is 3.29. The molecule has 0 aliphatic rings. The summed E-state index contributed by atoms with van der Waals surface area (Å²) in [5.41, 5.74) is -0.0512. The first-order valence-corrected chi connectivity index (χ1v) is 4.88. The van der Waals surface area contributed by atoms with Crippen LogP contribution >= 0.6 is 0 Å². The second-order valence-electron chi connectivity index (χ2n) is 3.28. The Balaban J connectivity index is 2.16. The van der Waals surface area contributed by atoms with Crippen LogP contribution in [0.15, 0.2) is 22.6 Å². The molecule has 0 bridgehead atoms. The van der Waals surface area contributed by atoms with E-state index in [0.717, 1.165) is 18.2 Å². The lowest BCUT2D eigenvalue weighted by Crippen LogP contribution is -2.04. The summed E-state index contributed by atoms with van der Waals surface area (Å²) in [4.78, 5) is 0. The molecule has 1 heterocycles. The molecule has 2 rings (SSSR count). The van der Waals surface area contributed by atoms with E-state index in [9.17, 15) is 8.78 Å². The summed E-state index contributed by atoms with van der Waals surface area (Å²) in [6.45, 7) is 0.403. The molecule has 0 aliphatic carbocycles. The second-order valence-corrected chi connectivity index (χ2v) is 3.28. The fraction of sp³-hybridized carbons (Fsp3) is 0.200. The highest BCUT2D eigenvalue weighted by atomic mass is 19.1. The highest BCUT2D eigenvalue weighted by Gasteiger charge is 2.09. The van der Waals surface area contributed by atoms with E-state index in [1.54, 1.807) is 7.05 Å². The SMILES string of the molecule is CNCc1nnc(Nc2cc(F)ccc2F)o1. The van der Waals surface area contributed by atoms with Crippen molar-refractivity contribution in [2.24, 2.45) is 0 Å². The van der Waals surface area contributed by atoms with Crippen molar-refractivity contribution in [3.05, 3.63) is 35.7 Å². The van der Waals surface area contributed by atoms with Crippen molar-refractivity contribution in [1.29, 1.82) is 0 Å². The molecule has 0 atom stereocenters. The van der Waals surface area contributed by atoms with Crippen molar-refractivity contribution in [3.63, 3.8) is 0 Å². The van der Waals surface area contributed by atoms with Gasteiger partial charge in [0, 0.05) is 6.07 Å². The van der Waals surface area contributed by atoms with Gasteiger partial charge in [-0.25, -0.2) is 8.78 Å². The minimum Gasteiger partial charge on any atom is -0.406 e. The van der Waals surface area contributed by atoms with Crippen molar-refractivity contribution in [2.75, 3.05) is 12.4 Å². The third-order valence-corrected chi connectivity index (χ3v) is 1.96. The molecule has 5 nitrogen and oxygen atoms in total. The Bertz CT molecular complexity index is 515. The van der Waals surface area contributed by atoms with Gasteiger partial charge in [0.1, 0.15) is 11.6 Å². The molecule has 0 aliphatic heterocycles. The molecule has 0 saturated carbocycles. The number of nitrogens with one attached hydrogen (secondary N) is 2. The van der Waals surface area contributed by atoms with Crippen molar-refractivity contribution in [3.8, 4) is 0 Å². The van der Waals surface area contributed by atoms with E-state index >= 15 is 0 Å². The summed E-state index contributed by atoms with van der Waals surface area (Å²) in [6, 6.07) is 3.07. The third kappa shape index (κ3) is 2.76. The number of aromatic nitrogens is 2. The van der Waals surface area contributed by atoms with E-state index < -0.39 is 11.6 Å². The van der Waals surface area contributed by atoms with Crippen LogP contribution in [0.4, 0.5) is 20.5 Å². The monoisotopic (exact) mass is 240 g/mol. The molecule has 2 N–H and O–H groups in total. The predicted molar refractivity (Wildman–Crippen MR) is 56.7 cm³/mol. The zero-order valence-corrected chi connectivity index (χ0v) is 9.00. The summed E-state index contributed by atoms with van der Waals surface area (Å²) < 4.78 is 31.3. The summed E-state index contributed by atoms with van der Waals surface area (Å²) >= 11 is 0. The lowest BCUT2D eigenvalue weighted by Gasteiger charge is -2.02. The number of halogens is 2. The topological polar surface area (TPSA) is 63.0 Å². The van der Waals surface area contributed by atoms with Gasteiger partial charge in [0.2, 0.25) is 5.89 Å². The first-order valence-electron chi connectivity index (χ1n) is 4.88. The maximum atomic E-state index is 13.3. The van der Waals surface area contributed by atoms with E-state index in [-0.39, 0.29) is 11.7 Å². The molecular formula is C10H10F2N4O. The first kappa shape index (κ1) is 11.5. The predicted octanol–water partition coefficient (Wildman–Crippen LogP) is 1.81. The Morgan fingerprint density at radius 1 is 1.29 bits per heavy atom. The molecule has 2 aromatic rings. The number of benzene rings is 1. The Morgan fingerprint density at radius 3 is 2.88 bits per heavy atom. The molecule has 0 amide bonds. The molecule has 0 fully saturated rings. The van der Waals surface area contributed by atoms with Crippen LogP contribution < -0.4 is 10.6 Å².